The van der Waals surface area contributed by atoms with E-state index in [2.05, 4.69) is 20.6 Å². The Morgan fingerprint density at radius 2 is 1.93 bits per heavy atom. The van der Waals surface area contributed by atoms with E-state index in [4.69, 9.17) is 17.4 Å². The largest absolute Gasteiger partial charge is 0.291 e. The van der Waals surface area contributed by atoms with Gasteiger partial charge < -0.3 is 0 Å². The Labute approximate surface area is 91.3 Å². The molecule has 0 bridgehead atoms. The molecule has 0 atom stereocenters. The molecular weight excluding hydrogens is 214 g/mol. The maximum absolute atomic E-state index is 5.78. The van der Waals surface area contributed by atoms with Gasteiger partial charge in [-0.05, 0) is 12.1 Å². The van der Waals surface area contributed by atoms with Crippen LogP contribution in [-0.2, 0) is 0 Å². The summed E-state index contributed by atoms with van der Waals surface area (Å²) in [7, 11) is 0. The molecule has 15 heavy (non-hydrogen) atoms. The van der Waals surface area contributed by atoms with Gasteiger partial charge in [0, 0.05) is 10.6 Å². The third-order valence-corrected chi connectivity index (χ3v) is 2.08. The first kappa shape index (κ1) is 9.82. The van der Waals surface area contributed by atoms with Crippen LogP contribution in [0.25, 0.3) is 11.3 Å². The van der Waals surface area contributed by atoms with Gasteiger partial charge in [0.05, 0.1) is 11.9 Å². The predicted molar refractivity (Wildman–Crippen MR) is 58.1 cm³/mol. The second-order valence-corrected chi connectivity index (χ2v) is 3.25. The summed E-state index contributed by atoms with van der Waals surface area (Å²) in [6.45, 7) is 0. The van der Waals surface area contributed by atoms with Gasteiger partial charge in [0.25, 0.3) is 5.95 Å². The minimum Gasteiger partial charge on any atom is -0.291 e. The first-order valence-electron chi connectivity index (χ1n) is 4.22. The zero-order chi connectivity index (χ0) is 10.7. The SMILES string of the molecule is NNc1nncc(-c2ccc(Cl)cc2)n1. The Bertz CT molecular complexity index is 456. The number of aromatic nitrogens is 3. The lowest BCUT2D eigenvalue weighted by atomic mass is 10.2. The topological polar surface area (TPSA) is 76.7 Å². The molecule has 2 aromatic rings. The van der Waals surface area contributed by atoms with Crippen molar-refractivity contribution in [1.29, 1.82) is 0 Å². The summed E-state index contributed by atoms with van der Waals surface area (Å²) >= 11 is 5.78. The number of hydrogen-bond acceptors (Lipinski definition) is 5. The van der Waals surface area contributed by atoms with Gasteiger partial charge in [-0.3, -0.25) is 5.43 Å². The van der Waals surface area contributed by atoms with Crippen molar-refractivity contribution in [3.63, 3.8) is 0 Å². The molecule has 0 radical (unpaired) electrons. The highest BCUT2D eigenvalue weighted by Gasteiger charge is 2.01. The van der Waals surface area contributed by atoms with E-state index in [9.17, 15) is 0 Å². The van der Waals surface area contributed by atoms with Crippen molar-refractivity contribution in [3.05, 3.63) is 35.5 Å². The molecule has 0 fully saturated rings. The average molecular weight is 222 g/mol. The second-order valence-electron chi connectivity index (χ2n) is 2.82. The van der Waals surface area contributed by atoms with Crippen molar-refractivity contribution in [2.75, 3.05) is 5.43 Å². The van der Waals surface area contributed by atoms with Gasteiger partial charge >= 0.3 is 0 Å². The lowest BCUT2D eigenvalue weighted by Gasteiger charge is -2.01. The molecule has 1 aromatic carbocycles. The van der Waals surface area contributed by atoms with Gasteiger partial charge in [-0.1, -0.05) is 23.7 Å². The molecule has 0 unspecified atom stereocenters. The third-order valence-electron chi connectivity index (χ3n) is 1.83. The van der Waals surface area contributed by atoms with Gasteiger partial charge in [-0.25, -0.2) is 10.8 Å². The molecule has 1 heterocycles. The number of nitrogens with zero attached hydrogens (tertiary/aromatic N) is 3. The monoisotopic (exact) mass is 221 g/mol. The van der Waals surface area contributed by atoms with E-state index in [0.717, 1.165) is 5.56 Å². The fourth-order valence-corrected chi connectivity index (χ4v) is 1.25. The molecule has 0 aliphatic rings. The Hall–Kier alpha value is -1.72. The van der Waals surface area contributed by atoms with Gasteiger partial charge in [0.2, 0.25) is 0 Å². The van der Waals surface area contributed by atoms with E-state index in [1.807, 2.05) is 12.1 Å². The maximum Gasteiger partial charge on any atom is 0.257 e. The van der Waals surface area contributed by atoms with Crippen LogP contribution in [0.1, 0.15) is 0 Å². The van der Waals surface area contributed by atoms with E-state index in [0.29, 0.717) is 10.7 Å². The fourth-order valence-electron chi connectivity index (χ4n) is 1.12. The third kappa shape index (κ3) is 2.20. The van der Waals surface area contributed by atoms with Crippen molar-refractivity contribution >= 4 is 17.5 Å². The zero-order valence-electron chi connectivity index (χ0n) is 7.68. The lowest BCUT2D eigenvalue weighted by molar-refractivity contribution is 0.966. The van der Waals surface area contributed by atoms with E-state index < -0.39 is 0 Å². The number of nitrogens with two attached hydrogens (primary N) is 1. The molecule has 0 saturated heterocycles. The van der Waals surface area contributed by atoms with Crippen molar-refractivity contribution in [2.24, 2.45) is 5.84 Å². The number of nitrogens with one attached hydrogen (secondary N) is 1. The molecule has 2 rings (SSSR count). The molecule has 0 amide bonds. The molecule has 1 aromatic heterocycles. The number of anilines is 1. The molecular formula is C9H8ClN5. The highest BCUT2D eigenvalue weighted by molar-refractivity contribution is 6.30. The number of benzene rings is 1. The predicted octanol–water partition coefficient (Wildman–Crippen LogP) is 1.48. The second kappa shape index (κ2) is 4.20. The summed E-state index contributed by atoms with van der Waals surface area (Å²) in [4.78, 5) is 4.14. The van der Waals surface area contributed by atoms with Crippen LogP contribution in [0.2, 0.25) is 5.02 Å². The standard InChI is InChI=1S/C9H8ClN5/c10-7-3-1-6(2-4-7)8-5-12-15-9(13-8)14-11/h1-5H,11H2,(H,13,14,15). The van der Waals surface area contributed by atoms with Crippen LogP contribution in [0.15, 0.2) is 30.5 Å². The first-order valence-corrected chi connectivity index (χ1v) is 4.59. The van der Waals surface area contributed by atoms with Crippen LogP contribution in [0.3, 0.4) is 0 Å². The number of rotatable bonds is 2. The highest BCUT2D eigenvalue weighted by Crippen LogP contribution is 2.18. The Kier molecular flexibility index (Phi) is 2.75. The molecule has 0 aliphatic heterocycles. The van der Waals surface area contributed by atoms with Crippen molar-refractivity contribution in [2.45, 2.75) is 0 Å². The summed E-state index contributed by atoms with van der Waals surface area (Å²) in [6, 6.07) is 7.28. The average Bonchev–Trinajstić information content (AvgIpc) is 2.30. The Morgan fingerprint density at radius 1 is 1.20 bits per heavy atom. The van der Waals surface area contributed by atoms with Crippen LogP contribution in [0.5, 0.6) is 0 Å². The van der Waals surface area contributed by atoms with Crippen molar-refractivity contribution < 1.29 is 0 Å². The minimum absolute atomic E-state index is 0.280. The first-order chi connectivity index (χ1) is 7.29. The molecule has 3 N–H and O–H groups in total. The maximum atomic E-state index is 5.78. The van der Waals surface area contributed by atoms with Crippen LogP contribution < -0.4 is 11.3 Å². The Morgan fingerprint density at radius 3 is 2.60 bits per heavy atom. The minimum atomic E-state index is 0.280. The quantitative estimate of drug-likeness (QED) is 0.593. The number of nitrogen functional groups attached to an aromatic ring is 1. The Balaban J connectivity index is 2.40. The summed E-state index contributed by atoms with van der Waals surface area (Å²) in [5.74, 6) is 5.46. The van der Waals surface area contributed by atoms with E-state index >= 15 is 0 Å². The number of hydrazine groups is 1. The molecule has 0 aliphatic carbocycles. The van der Waals surface area contributed by atoms with E-state index in [1.165, 1.54) is 0 Å². The number of halogens is 1. The van der Waals surface area contributed by atoms with Crippen molar-refractivity contribution in [1.82, 2.24) is 15.2 Å². The molecule has 76 valence electrons. The van der Waals surface area contributed by atoms with Crippen LogP contribution in [0, 0.1) is 0 Å². The number of hydrogen-bond donors (Lipinski definition) is 2. The summed E-state index contributed by atoms with van der Waals surface area (Å²) in [5.41, 5.74) is 3.94. The van der Waals surface area contributed by atoms with Crippen LogP contribution in [-0.4, -0.2) is 15.2 Å². The molecule has 5 nitrogen and oxygen atoms in total. The smallest absolute Gasteiger partial charge is 0.257 e. The normalized spacial score (nSPS) is 10.0. The van der Waals surface area contributed by atoms with Gasteiger partial charge in [0.1, 0.15) is 0 Å². The van der Waals surface area contributed by atoms with Gasteiger partial charge in [0.15, 0.2) is 0 Å². The van der Waals surface area contributed by atoms with Gasteiger partial charge in [-0.2, -0.15) is 5.10 Å². The van der Waals surface area contributed by atoms with Crippen LogP contribution >= 0.6 is 11.6 Å². The lowest BCUT2D eigenvalue weighted by Crippen LogP contribution is -2.11. The van der Waals surface area contributed by atoms with E-state index in [1.54, 1.807) is 18.3 Å². The summed E-state index contributed by atoms with van der Waals surface area (Å²) < 4.78 is 0. The fraction of sp³-hybridized carbons (Fsp3) is 0. The summed E-state index contributed by atoms with van der Waals surface area (Å²) in [6.07, 6.45) is 1.56. The summed E-state index contributed by atoms with van der Waals surface area (Å²) in [5, 5.41) is 8.12. The highest BCUT2D eigenvalue weighted by atomic mass is 35.5. The molecule has 0 saturated carbocycles. The zero-order valence-corrected chi connectivity index (χ0v) is 8.44. The van der Waals surface area contributed by atoms with Crippen molar-refractivity contribution in [3.8, 4) is 11.3 Å². The van der Waals surface area contributed by atoms with Gasteiger partial charge in [-0.15, -0.1) is 5.10 Å². The molecule has 6 heteroatoms. The van der Waals surface area contributed by atoms with E-state index in [-0.39, 0.29) is 5.95 Å². The van der Waals surface area contributed by atoms with Crippen LogP contribution in [0.4, 0.5) is 5.95 Å². The molecule has 0 spiro atoms.